The zero-order valence-corrected chi connectivity index (χ0v) is 14.0. The first-order valence-electron chi connectivity index (χ1n) is 7.93. The van der Waals surface area contributed by atoms with Gasteiger partial charge in [-0.2, -0.15) is 0 Å². The normalized spacial score (nSPS) is 17.2. The van der Waals surface area contributed by atoms with Gasteiger partial charge in [-0.25, -0.2) is 0 Å². The third kappa shape index (κ3) is 3.21. The number of hydrogen-bond donors (Lipinski definition) is 1. The Balaban J connectivity index is 1.93. The van der Waals surface area contributed by atoms with E-state index in [1.54, 1.807) is 14.2 Å². The van der Waals surface area contributed by atoms with E-state index >= 15 is 0 Å². The number of primary amides is 1. The quantitative estimate of drug-likeness (QED) is 0.914. The maximum atomic E-state index is 12.0. The average molecular weight is 326 g/mol. The van der Waals surface area contributed by atoms with Gasteiger partial charge in [0, 0.05) is 13.1 Å². The zero-order valence-electron chi connectivity index (χ0n) is 14.0. The lowest BCUT2D eigenvalue weighted by Gasteiger charge is -2.35. The summed E-state index contributed by atoms with van der Waals surface area (Å²) in [5.74, 6) is 1.08. The standard InChI is InChI=1S/C19H22N2O3/c1-23-17-9-14-8-16(19(20)22)21(11-13-6-4-3-5-7-13)12-15(14)10-18(17)24-2/h3-7,9-10,16H,8,11-12H2,1-2H3,(H2,20,22). The number of carbonyl (C=O) groups is 1. The van der Waals surface area contributed by atoms with Crippen molar-refractivity contribution in [1.29, 1.82) is 0 Å². The van der Waals surface area contributed by atoms with E-state index in [0.29, 0.717) is 31.0 Å². The first kappa shape index (κ1) is 16.3. The van der Waals surface area contributed by atoms with E-state index < -0.39 is 0 Å². The Hall–Kier alpha value is -2.53. The highest BCUT2D eigenvalue weighted by molar-refractivity contribution is 5.80. The number of rotatable bonds is 5. The molecule has 2 aromatic rings. The van der Waals surface area contributed by atoms with Crippen LogP contribution in [-0.2, 0) is 24.3 Å². The van der Waals surface area contributed by atoms with Gasteiger partial charge in [0.25, 0.3) is 0 Å². The molecule has 0 fully saturated rings. The van der Waals surface area contributed by atoms with Crippen molar-refractivity contribution < 1.29 is 14.3 Å². The van der Waals surface area contributed by atoms with Crippen LogP contribution in [0.4, 0.5) is 0 Å². The predicted molar refractivity (Wildman–Crippen MR) is 91.9 cm³/mol. The van der Waals surface area contributed by atoms with Crippen molar-refractivity contribution in [2.24, 2.45) is 5.73 Å². The lowest BCUT2D eigenvalue weighted by atomic mass is 9.92. The maximum Gasteiger partial charge on any atom is 0.235 e. The summed E-state index contributed by atoms with van der Waals surface area (Å²) in [5.41, 5.74) is 9.04. The minimum atomic E-state index is -0.323. The van der Waals surface area contributed by atoms with Crippen LogP contribution in [0.1, 0.15) is 16.7 Å². The van der Waals surface area contributed by atoms with E-state index in [-0.39, 0.29) is 11.9 Å². The molecule has 1 heterocycles. The van der Waals surface area contributed by atoms with Crippen LogP contribution in [0.3, 0.4) is 0 Å². The molecule has 0 saturated heterocycles. The number of benzene rings is 2. The molecule has 1 unspecified atom stereocenters. The molecule has 24 heavy (non-hydrogen) atoms. The molecule has 0 saturated carbocycles. The number of amides is 1. The van der Waals surface area contributed by atoms with Gasteiger partial charge in [-0.3, -0.25) is 9.69 Å². The van der Waals surface area contributed by atoms with Crippen LogP contribution in [0.2, 0.25) is 0 Å². The van der Waals surface area contributed by atoms with Gasteiger partial charge in [0.2, 0.25) is 5.91 Å². The van der Waals surface area contributed by atoms with Gasteiger partial charge >= 0.3 is 0 Å². The Morgan fingerprint density at radius 2 is 1.75 bits per heavy atom. The summed E-state index contributed by atoms with van der Waals surface area (Å²) in [6, 6.07) is 13.7. The molecule has 1 atom stereocenters. The lowest BCUT2D eigenvalue weighted by Crippen LogP contribution is -2.48. The summed E-state index contributed by atoms with van der Waals surface area (Å²) in [5, 5.41) is 0. The monoisotopic (exact) mass is 326 g/mol. The van der Waals surface area contributed by atoms with Crippen LogP contribution in [0.15, 0.2) is 42.5 Å². The molecular weight excluding hydrogens is 304 g/mol. The molecule has 1 amide bonds. The van der Waals surface area contributed by atoms with E-state index in [9.17, 15) is 4.79 Å². The van der Waals surface area contributed by atoms with Crippen molar-refractivity contribution in [3.05, 3.63) is 59.2 Å². The first-order chi connectivity index (χ1) is 11.6. The SMILES string of the molecule is COc1cc2c(cc1OC)CN(Cc1ccccc1)C(C(N)=O)C2. The van der Waals surface area contributed by atoms with Gasteiger partial charge in [-0.1, -0.05) is 30.3 Å². The number of carbonyl (C=O) groups excluding carboxylic acids is 1. The predicted octanol–water partition coefficient (Wildman–Crippen LogP) is 2.12. The molecule has 5 nitrogen and oxygen atoms in total. The van der Waals surface area contributed by atoms with Crippen LogP contribution in [0.5, 0.6) is 11.5 Å². The van der Waals surface area contributed by atoms with Gasteiger partial charge in [0.1, 0.15) is 0 Å². The number of nitrogens with two attached hydrogens (primary N) is 1. The molecule has 5 heteroatoms. The highest BCUT2D eigenvalue weighted by Crippen LogP contribution is 2.35. The Kier molecular flexibility index (Phi) is 4.71. The molecule has 0 bridgehead atoms. The summed E-state index contributed by atoms with van der Waals surface area (Å²) in [7, 11) is 3.24. The molecule has 2 aromatic carbocycles. The highest BCUT2D eigenvalue weighted by Gasteiger charge is 2.31. The highest BCUT2D eigenvalue weighted by atomic mass is 16.5. The second kappa shape index (κ2) is 6.93. The molecule has 1 aliphatic heterocycles. The fraction of sp³-hybridized carbons (Fsp3) is 0.316. The fourth-order valence-electron chi connectivity index (χ4n) is 3.23. The van der Waals surface area contributed by atoms with E-state index in [1.807, 2.05) is 30.3 Å². The molecule has 1 aliphatic rings. The topological polar surface area (TPSA) is 64.8 Å². The third-order valence-corrected chi connectivity index (χ3v) is 4.49. The summed E-state index contributed by atoms with van der Waals surface area (Å²) in [6.07, 6.45) is 0.581. The van der Waals surface area contributed by atoms with Crippen molar-refractivity contribution >= 4 is 5.91 Å². The largest absolute Gasteiger partial charge is 0.493 e. The second-order valence-corrected chi connectivity index (χ2v) is 5.99. The Bertz CT molecular complexity index is 731. The van der Waals surface area contributed by atoms with Crippen molar-refractivity contribution in [2.45, 2.75) is 25.6 Å². The molecule has 0 spiro atoms. The van der Waals surface area contributed by atoms with Crippen LogP contribution in [0, 0.1) is 0 Å². The smallest absolute Gasteiger partial charge is 0.235 e. The molecule has 2 N–H and O–H groups in total. The molecular formula is C19H22N2O3. The van der Waals surface area contributed by atoms with Crippen LogP contribution >= 0.6 is 0 Å². The maximum absolute atomic E-state index is 12.0. The summed E-state index contributed by atoms with van der Waals surface area (Å²) >= 11 is 0. The number of methoxy groups -OCH3 is 2. The van der Waals surface area contributed by atoms with Gasteiger partial charge < -0.3 is 15.2 Å². The Morgan fingerprint density at radius 3 is 2.33 bits per heavy atom. The van der Waals surface area contributed by atoms with Crippen molar-refractivity contribution in [1.82, 2.24) is 4.90 Å². The number of fused-ring (bicyclic) bond motifs is 1. The summed E-state index contributed by atoms with van der Waals surface area (Å²) < 4.78 is 10.8. The van der Waals surface area contributed by atoms with Crippen LogP contribution in [0.25, 0.3) is 0 Å². The summed E-state index contributed by atoms with van der Waals surface area (Å²) in [4.78, 5) is 14.1. The third-order valence-electron chi connectivity index (χ3n) is 4.49. The van der Waals surface area contributed by atoms with Crippen LogP contribution in [-0.4, -0.2) is 31.1 Å². The molecule has 0 aliphatic carbocycles. The average Bonchev–Trinajstić information content (AvgIpc) is 2.60. The van der Waals surface area contributed by atoms with Gasteiger partial charge in [-0.05, 0) is 35.2 Å². The molecule has 3 rings (SSSR count). The Labute approximate surface area is 142 Å². The van der Waals surface area contributed by atoms with E-state index in [1.165, 1.54) is 0 Å². The minimum absolute atomic E-state index is 0.300. The number of nitrogens with zero attached hydrogens (tertiary/aromatic N) is 1. The van der Waals surface area contributed by atoms with Gasteiger partial charge in [0.15, 0.2) is 11.5 Å². The second-order valence-electron chi connectivity index (χ2n) is 5.99. The van der Waals surface area contributed by atoms with Gasteiger partial charge in [0.05, 0.1) is 20.3 Å². The molecule has 0 radical (unpaired) electrons. The zero-order chi connectivity index (χ0) is 17.1. The summed E-state index contributed by atoms with van der Waals surface area (Å²) in [6.45, 7) is 1.33. The first-order valence-corrected chi connectivity index (χ1v) is 7.93. The van der Waals surface area contributed by atoms with Crippen molar-refractivity contribution in [2.75, 3.05) is 14.2 Å². The van der Waals surface area contributed by atoms with Crippen molar-refractivity contribution in [3.8, 4) is 11.5 Å². The van der Waals surface area contributed by atoms with Gasteiger partial charge in [-0.15, -0.1) is 0 Å². The van der Waals surface area contributed by atoms with E-state index in [2.05, 4.69) is 17.0 Å². The fourth-order valence-corrected chi connectivity index (χ4v) is 3.23. The number of hydrogen-bond acceptors (Lipinski definition) is 4. The van der Waals surface area contributed by atoms with E-state index in [4.69, 9.17) is 15.2 Å². The molecule has 0 aromatic heterocycles. The Morgan fingerprint density at radius 1 is 1.12 bits per heavy atom. The minimum Gasteiger partial charge on any atom is -0.493 e. The van der Waals surface area contributed by atoms with Crippen molar-refractivity contribution in [3.63, 3.8) is 0 Å². The number of ether oxygens (including phenoxy) is 2. The van der Waals surface area contributed by atoms with E-state index in [0.717, 1.165) is 16.7 Å². The van der Waals surface area contributed by atoms with Crippen LogP contribution < -0.4 is 15.2 Å². The molecule has 126 valence electrons. The lowest BCUT2D eigenvalue weighted by molar-refractivity contribution is -0.124.